The zero-order valence-electron chi connectivity index (χ0n) is 13.9. The molecule has 2 heterocycles. The number of hydrogen-bond donors (Lipinski definition) is 2. The highest BCUT2D eigenvalue weighted by Crippen LogP contribution is 2.05. The number of piperazine rings is 1. The predicted molar refractivity (Wildman–Crippen MR) is 93.8 cm³/mol. The maximum absolute atomic E-state index is 12.2. The first-order chi connectivity index (χ1) is 11.8. The summed E-state index contributed by atoms with van der Waals surface area (Å²) in [6.45, 7) is 5.14. The fraction of sp³-hybridized carbons (Fsp3) is 0.444. The van der Waals surface area contributed by atoms with Gasteiger partial charge in [-0.1, -0.05) is 30.3 Å². The Hall–Kier alpha value is -2.34. The van der Waals surface area contributed by atoms with Gasteiger partial charge in [0.25, 0.3) is 0 Å². The molecule has 0 aliphatic carbocycles. The van der Waals surface area contributed by atoms with Crippen LogP contribution in [0.15, 0.2) is 42.7 Å². The summed E-state index contributed by atoms with van der Waals surface area (Å²) in [6, 6.07) is 10.6. The molecule has 128 valence electrons. The number of amides is 2. The van der Waals surface area contributed by atoms with Crippen LogP contribution in [-0.2, 0) is 12.8 Å². The number of aromatic nitrogens is 2. The van der Waals surface area contributed by atoms with Gasteiger partial charge in [0.05, 0.1) is 0 Å². The second kappa shape index (κ2) is 8.49. The Kier molecular flexibility index (Phi) is 5.85. The van der Waals surface area contributed by atoms with E-state index in [-0.39, 0.29) is 6.03 Å². The van der Waals surface area contributed by atoms with Crippen LogP contribution in [0.5, 0.6) is 0 Å². The Bertz CT molecular complexity index is 606. The molecule has 3 rings (SSSR count). The zero-order chi connectivity index (χ0) is 16.6. The normalized spacial score (nSPS) is 15.4. The summed E-state index contributed by atoms with van der Waals surface area (Å²) in [7, 11) is 0. The molecular weight excluding hydrogens is 302 g/mol. The molecule has 0 saturated carbocycles. The van der Waals surface area contributed by atoms with Crippen LogP contribution in [0.4, 0.5) is 4.79 Å². The smallest absolute Gasteiger partial charge is 0.317 e. The molecule has 6 heteroatoms. The van der Waals surface area contributed by atoms with Crippen molar-refractivity contribution < 1.29 is 4.79 Å². The van der Waals surface area contributed by atoms with Crippen molar-refractivity contribution in [3.8, 4) is 0 Å². The Morgan fingerprint density at radius 1 is 1.12 bits per heavy atom. The lowest BCUT2D eigenvalue weighted by molar-refractivity contribution is 0.140. The van der Waals surface area contributed by atoms with Crippen LogP contribution in [0, 0.1) is 0 Å². The van der Waals surface area contributed by atoms with Gasteiger partial charge in [-0.3, -0.25) is 4.90 Å². The number of nitrogens with one attached hydrogen (secondary N) is 2. The summed E-state index contributed by atoms with van der Waals surface area (Å²) >= 11 is 0. The van der Waals surface area contributed by atoms with Gasteiger partial charge >= 0.3 is 6.03 Å². The van der Waals surface area contributed by atoms with Crippen molar-refractivity contribution >= 4 is 6.03 Å². The standard InChI is InChI=1S/C18H25N5O/c24-18(21-8-6-17-19-9-10-20-17)23-14-12-22(13-15-23)11-7-16-4-2-1-3-5-16/h1-5,9-10H,6-8,11-15H2,(H,19,20)(H,21,24). The van der Waals surface area contributed by atoms with Crippen molar-refractivity contribution in [3.63, 3.8) is 0 Å². The number of carbonyl (C=O) groups is 1. The maximum Gasteiger partial charge on any atom is 0.317 e. The molecule has 2 aromatic rings. The van der Waals surface area contributed by atoms with Gasteiger partial charge in [0, 0.05) is 58.1 Å². The van der Waals surface area contributed by atoms with Crippen molar-refractivity contribution in [1.82, 2.24) is 25.1 Å². The minimum Gasteiger partial charge on any atom is -0.349 e. The van der Waals surface area contributed by atoms with Crippen LogP contribution in [0.25, 0.3) is 0 Å². The van der Waals surface area contributed by atoms with E-state index < -0.39 is 0 Å². The molecule has 0 spiro atoms. The number of urea groups is 1. The lowest BCUT2D eigenvalue weighted by atomic mass is 10.1. The van der Waals surface area contributed by atoms with E-state index in [1.165, 1.54) is 5.56 Å². The average molecular weight is 327 g/mol. The van der Waals surface area contributed by atoms with Crippen LogP contribution in [-0.4, -0.2) is 65.1 Å². The van der Waals surface area contributed by atoms with Crippen molar-refractivity contribution in [2.24, 2.45) is 0 Å². The minimum absolute atomic E-state index is 0.0317. The molecular formula is C18H25N5O. The fourth-order valence-electron chi connectivity index (χ4n) is 2.94. The highest BCUT2D eigenvalue weighted by Gasteiger charge is 2.20. The van der Waals surface area contributed by atoms with E-state index in [0.29, 0.717) is 6.54 Å². The molecule has 0 unspecified atom stereocenters. The molecule has 0 atom stereocenters. The molecule has 1 aliphatic rings. The van der Waals surface area contributed by atoms with Crippen molar-refractivity contribution in [2.45, 2.75) is 12.8 Å². The summed E-state index contributed by atoms with van der Waals surface area (Å²) in [5, 5.41) is 2.97. The van der Waals surface area contributed by atoms with Crippen LogP contribution < -0.4 is 5.32 Å². The van der Waals surface area contributed by atoms with Crippen LogP contribution >= 0.6 is 0 Å². The molecule has 1 fully saturated rings. The lowest BCUT2D eigenvalue weighted by Gasteiger charge is -2.34. The van der Waals surface area contributed by atoms with Crippen molar-refractivity contribution in [3.05, 3.63) is 54.1 Å². The zero-order valence-corrected chi connectivity index (χ0v) is 13.9. The van der Waals surface area contributed by atoms with Crippen LogP contribution in [0.2, 0.25) is 0 Å². The van der Waals surface area contributed by atoms with Gasteiger partial charge in [-0.15, -0.1) is 0 Å². The quantitative estimate of drug-likeness (QED) is 0.845. The van der Waals surface area contributed by atoms with E-state index in [1.807, 2.05) is 11.0 Å². The third kappa shape index (κ3) is 4.83. The number of carbonyl (C=O) groups excluding carboxylic acids is 1. The van der Waals surface area contributed by atoms with Gasteiger partial charge in [-0.2, -0.15) is 0 Å². The van der Waals surface area contributed by atoms with Crippen LogP contribution in [0.1, 0.15) is 11.4 Å². The van der Waals surface area contributed by atoms with Crippen LogP contribution in [0.3, 0.4) is 0 Å². The first-order valence-corrected chi connectivity index (χ1v) is 8.58. The van der Waals surface area contributed by atoms with Gasteiger partial charge in [-0.25, -0.2) is 9.78 Å². The van der Waals surface area contributed by atoms with E-state index in [0.717, 1.165) is 51.4 Å². The highest BCUT2D eigenvalue weighted by atomic mass is 16.2. The SMILES string of the molecule is O=C(NCCc1ncc[nH]1)N1CCN(CCc2ccccc2)CC1. The number of rotatable bonds is 6. The van der Waals surface area contributed by atoms with Gasteiger partial charge in [-0.05, 0) is 12.0 Å². The average Bonchev–Trinajstić information content (AvgIpc) is 3.15. The Morgan fingerprint density at radius 2 is 1.92 bits per heavy atom. The van der Waals surface area contributed by atoms with Crippen molar-refractivity contribution in [1.29, 1.82) is 0 Å². The number of benzene rings is 1. The number of H-pyrrole nitrogens is 1. The number of hydrogen-bond acceptors (Lipinski definition) is 3. The molecule has 1 aromatic heterocycles. The summed E-state index contributed by atoms with van der Waals surface area (Å²) in [4.78, 5) is 23.7. The molecule has 0 bridgehead atoms. The van der Waals surface area contributed by atoms with Gasteiger partial charge in [0.2, 0.25) is 0 Å². The third-order valence-electron chi connectivity index (χ3n) is 4.41. The van der Waals surface area contributed by atoms with E-state index in [1.54, 1.807) is 12.4 Å². The Morgan fingerprint density at radius 3 is 2.62 bits per heavy atom. The van der Waals surface area contributed by atoms with Crippen molar-refractivity contribution in [2.75, 3.05) is 39.3 Å². The topological polar surface area (TPSA) is 64.3 Å². The number of imidazole rings is 1. The predicted octanol–water partition coefficient (Wildman–Crippen LogP) is 1.52. The first-order valence-electron chi connectivity index (χ1n) is 8.58. The van der Waals surface area contributed by atoms with E-state index in [4.69, 9.17) is 0 Å². The number of aromatic amines is 1. The van der Waals surface area contributed by atoms with E-state index in [9.17, 15) is 4.79 Å². The second-order valence-electron chi connectivity index (χ2n) is 6.08. The first kappa shape index (κ1) is 16.5. The summed E-state index contributed by atoms with van der Waals surface area (Å²) in [6.07, 6.45) is 5.32. The van der Waals surface area contributed by atoms with Gasteiger partial charge in [0.1, 0.15) is 5.82 Å². The summed E-state index contributed by atoms with van der Waals surface area (Å²) in [5.41, 5.74) is 1.37. The second-order valence-corrected chi connectivity index (χ2v) is 6.08. The fourth-order valence-corrected chi connectivity index (χ4v) is 2.94. The molecule has 1 aromatic carbocycles. The van der Waals surface area contributed by atoms with E-state index >= 15 is 0 Å². The third-order valence-corrected chi connectivity index (χ3v) is 4.41. The Balaban J connectivity index is 1.33. The lowest BCUT2D eigenvalue weighted by Crippen LogP contribution is -2.52. The molecule has 24 heavy (non-hydrogen) atoms. The van der Waals surface area contributed by atoms with E-state index in [2.05, 4.69) is 44.5 Å². The maximum atomic E-state index is 12.2. The molecule has 6 nitrogen and oxygen atoms in total. The largest absolute Gasteiger partial charge is 0.349 e. The summed E-state index contributed by atoms with van der Waals surface area (Å²) in [5.74, 6) is 0.904. The summed E-state index contributed by atoms with van der Waals surface area (Å²) < 4.78 is 0. The molecule has 1 saturated heterocycles. The highest BCUT2D eigenvalue weighted by molar-refractivity contribution is 5.74. The molecule has 2 amide bonds. The van der Waals surface area contributed by atoms with Gasteiger partial charge in [0.15, 0.2) is 0 Å². The minimum atomic E-state index is 0.0317. The number of nitrogens with zero attached hydrogens (tertiary/aromatic N) is 3. The molecule has 2 N–H and O–H groups in total. The molecule has 0 radical (unpaired) electrons. The molecule has 1 aliphatic heterocycles. The Labute approximate surface area is 142 Å². The monoisotopic (exact) mass is 327 g/mol. The van der Waals surface area contributed by atoms with Gasteiger partial charge < -0.3 is 15.2 Å².